The Morgan fingerprint density at radius 2 is 1.82 bits per heavy atom. The molecule has 4 aromatic heterocycles. The van der Waals surface area contributed by atoms with Gasteiger partial charge in [0.25, 0.3) is 0 Å². The number of anilines is 1. The molecule has 4 aromatic rings. The van der Waals surface area contributed by atoms with Crippen molar-refractivity contribution >= 4 is 22.5 Å². The number of likely N-dealkylation sites (N-methyl/N-ethyl adjacent to an activating group) is 1. The fraction of sp³-hybridized carbons (Fsp3) is 0.292. The third-order valence-electron chi connectivity index (χ3n) is 6.00. The number of halogens is 2. The minimum atomic E-state index is -2.70. The summed E-state index contributed by atoms with van der Waals surface area (Å²) in [6.07, 6.45) is 7.67. The monoisotopic (exact) mass is 463 g/mol. The van der Waals surface area contributed by atoms with Crippen molar-refractivity contribution in [1.29, 1.82) is 0 Å². The quantitative estimate of drug-likeness (QED) is 0.405. The van der Waals surface area contributed by atoms with E-state index in [0.29, 0.717) is 32.6 Å². The summed E-state index contributed by atoms with van der Waals surface area (Å²) >= 11 is 0. The second-order valence-electron chi connectivity index (χ2n) is 8.37. The summed E-state index contributed by atoms with van der Waals surface area (Å²) in [5, 5.41) is 4.45. The third kappa shape index (κ3) is 4.62. The first-order valence-corrected chi connectivity index (χ1v) is 11.0. The van der Waals surface area contributed by atoms with Gasteiger partial charge in [-0.15, -0.1) is 0 Å². The van der Waals surface area contributed by atoms with E-state index in [-0.39, 0.29) is 12.2 Å². The van der Waals surface area contributed by atoms with Crippen molar-refractivity contribution in [1.82, 2.24) is 29.6 Å². The standard InChI is InChI=1S/C24H23F2N7O/c1-31-4-6-32(7-5-31)23-10-16(2-3-27-23)22(34)11-20-9-17-8-18(12-29-21(17)14-28-20)19-13-30-33(15-19)24(25)26/h2-3,8-10,12-15,24H,4-7,11H2,1H3. The van der Waals surface area contributed by atoms with Gasteiger partial charge >= 0.3 is 6.55 Å². The van der Waals surface area contributed by atoms with Crippen LogP contribution in [0.4, 0.5) is 14.6 Å². The summed E-state index contributed by atoms with van der Waals surface area (Å²) in [7, 11) is 2.09. The first-order valence-electron chi connectivity index (χ1n) is 11.0. The molecule has 0 N–H and O–H groups in total. The molecule has 10 heteroatoms. The Morgan fingerprint density at radius 1 is 1.00 bits per heavy atom. The van der Waals surface area contributed by atoms with Crippen LogP contribution in [0.15, 0.2) is 55.2 Å². The van der Waals surface area contributed by atoms with Crippen LogP contribution in [-0.2, 0) is 6.42 Å². The highest BCUT2D eigenvalue weighted by molar-refractivity contribution is 5.98. The molecule has 8 nitrogen and oxygen atoms in total. The van der Waals surface area contributed by atoms with Gasteiger partial charge in [0.15, 0.2) is 5.78 Å². The molecular formula is C24H23F2N7O. The number of aromatic nitrogens is 5. The number of pyridine rings is 3. The number of Topliss-reactive ketones (excluding diaryl/α,β-unsaturated/α-hetero) is 1. The SMILES string of the molecule is CN1CCN(c2cc(C(=O)Cc3cc4cc(-c5cnn(C(F)F)c5)cnc4cn3)ccn2)CC1. The number of rotatable bonds is 6. The van der Waals surface area contributed by atoms with Gasteiger partial charge < -0.3 is 9.80 Å². The van der Waals surface area contributed by atoms with E-state index in [1.165, 1.54) is 12.4 Å². The second kappa shape index (κ2) is 9.22. The Balaban J connectivity index is 1.35. The number of ketones is 1. The van der Waals surface area contributed by atoms with Crippen molar-refractivity contribution in [2.24, 2.45) is 0 Å². The van der Waals surface area contributed by atoms with Crippen LogP contribution >= 0.6 is 0 Å². The summed E-state index contributed by atoms with van der Waals surface area (Å²) in [5.74, 6) is 0.760. The molecule has 34 heavy (non-hydrogen) atoms. The lowest BCUT2D eigenvalue weighted by Gasteiger charge is -2.33. The molecule has 0 aromatic carbocycles. The van der Waals surface area contributed by atoms with Crippen molar-refractivity contribution in [2.75, 3.05) is 38.1 Å². The average Bonchev–Trinajstić information content (AvgIpc) is 3.35. The van der Waals surface area contributed by atoms with E-state index in [1.807, 2.05) is 18.2 Å². The van der Waals surface area contributed by atoms with Crippen LogP contribution in [-0.4, -0.2) is 68.6 Å². The van der Waals surface area contributed by atoms with Gasteiger partial charge in [-0.25, -0.2) is 9.67 Å². The molecule has 0 atom stereocenters. The van der Waals surface area contributed by atoms with Gasteiger partial charge in [-0.3, -0.25) is 14.8 Å². The van der Waals surface area contributed by atoms with Gasteiger partial charge in [0.1, 0.15) is 5.82 Å². The van der Waals surface area contributed by atoms with Crippen molar-refractivity contribution in [3.8, 4) is 11.1 Å². The topological polar surface area (TPSA) is 80.0 Å². The molecule has 0 aliphatic carbocycles. The van der Waals surface area contributed by atoms with Crippen LogP contribution in [0.1, 0.15) is 22.6 Å². The summed E-state index contributed by atoms with van der Waals surface area (Å²) in [6.45, 7) is 0.964. The Hall–Kier alpha value is -3.79. The van der Waals surface area contributed by atoms with Crippen LogP contribution < -0.4 is 4.90 Å². The predicted octanol–water partition coefficient (Wildman–Crippen LogP) is 3.46. The van der Waals surface area contributed by atoms with Gasteiger partial charge in [0.05, 0.1) is 24.3 Å². The van der Waals surface area contributed by atoms with Crippen LogP contribution in [0, 0.1) is 0 Å². The van der Waals surface area contributed by atoms with Crippen molar-refractivity contribution < 1.29 is 13.6 Å². The normalized spacial score (nSPS) is 14.8. The van der Waals surface area contributed by atoms with Gasteiger partial charge in [0.2, 0.25) is 0 Å². The Labute approximate surface area is 194 Å². The highest BCUT2D eigenvalue weighted by atomic mass is 19.3. The summed E-state index contributed by atoms with van der Waals surface area (Å²) in [4.78, 5) is 30.7. The van der Waals surface area contributed by atoms with Gasteiger partial charge in [-0.2, -0.15) is 13.9 Å². The third-order valence-corrected chi connectivity index (χ3v) is 6.00. The molecule has 1 saturated heterocycles. The lowest BCUT2D eigenvalue weighted by Crippen LogP contribution is -2.44. The molecule has 1 aliphatic heterocycles. The lowest BCUT2D eigenvalue weighted by atomic mass is 10.0. The molecule has 0 unspecified atom stereocenters. The number of carbonyl (C=O) groups is 1. The highest BCUT2D eigenvalue weighted by Crippen LogP contribution is 2.24. The fourth-order valence-corrected chi connectivity index (χ4v) is 3.99. The second-order valence-corrected chi connectivity index (χ2v) is 8.37. The molecule has 0 saturated carbocycles. The van der Waals surface area contributed by atoms with E-state index in [2.05, 4.69) is 36.9 Å². The van der Waals surface area contributed by atoms with Crippen LogP contribution in [0.5, 0.6) is 0 Å². The fourth-order valence-electron chi connectivity index (χ4n) is 3.99. The number of fused-ring (bicyclic) bond motifs is 1. The summed E-state index contributed by atoms with van der Waals surface area (Å²) in [5.41, 5.74) is 3.06. The number of piperazine rings is 1. The first kappa shape index (κ1) is 22.0. The number of alkyl halides is 2. The molecule has 0 spiro atoms. The molecule has 5 heterocycles. The van der Waals surface area contributed by atoms with Crippen molar-refractivity contribution in [2.45, 2.75) is 13.0 Å². The molecule has 0 radical (unpaired) electrons. The van der Waals surface area contributed by atoms with Gasteiger partial charge in [-0.1, -0.05) is 0 Å². The summed E-state index contributed by atoms with van der Waals surface area (Å²) < 4.78 is 26.3. The average molecular weight is 463 g/mol. The zero-order valence-corrected chi connectivity index (χ0v) is 18.6. The van der Waals surface area contributed by atoms with E-state index in [0.717, 1.165) is 37.4 Å². The maximum Gasteiger partial charge on any atom is 0.333 e. The van der Waals surface area contributed by atoms with Gasteiger partial charge in [0, 0.05) is 72.5 Å². The molecular weight excluding hydrogens is 440 g/mol. The van der Waals surface area contributed by atoms with Gasteiger partial charge in [-0.05, 0) is 31.3 Å². The molecule has 0 amide bonds. The van der Waals surface area contributed by atoms with Crippen molar-refractivity contribution in [3.63, 3.8) is 0 Å². The van der Waals surface area contributed by atoms with E-state index in [4.69, 9.17) is 0 Å². The Morgan fingerprint density at radius 3 is 2.59 bits per heavy atom. The zero-order chi connectivity index (χ0) is 23.7. The molecule has 5 rings (SSSR count). The molecule has 0 bridgehead atoms. The number of hydrogen-bond donors (Lipinski definition) is 0. The van der Waals surface area contributed by atoms with Crippen LogP contribution in [0.2, 0.25) is 0 Å². The van der Waals surface area contributed by atoms with E-state index in [1.54, 1.807) is 24.7 Å². The largest absolute Gasteiger partial charge is 0.354 e. The minimum Gasteiger partial charge on any atom is -0.354 e. The van der Waals surface area contributed by atoms with E-state index >= 15 is 0 Å². The smallest absolute Gasteiger partial charge is 0.333 e. The van der Waals surface area contributed by atoms with E-state index in [9.17, 15) is 13.6 Å². The maximum absolute atomic E-state index is 13.0. The predicted molar refractivity (Wildman–Crippen MR) is 124 cm³/mol. The van der Waals surface area contributed by atoms with Crippen LogP contribution in [0.3, 0.4) is 0 Å². The maximum atomic E-state index is 13.0. The minimum absolute atomic E-state index is 0.0491. The van der Waals surface area contributed by atoms with E-state index < -0.39 is 6.55 Å². The number of carbonyl (C=O) groups excluding carboxylic acids is 1. The zero-order valence-electron chi connectivity index (χ0n) is 18.6. The highest BCUT2D eigenvalue weighted by Gasteiger charge is 2.17. The lowest BCUT2D eigenvalue weighted by molar-refractivity contribution is 0.0566. The molecule has 1 fully saturated rings. The summed E-state index contributed by atoms with van der Waals surface area (Å²) in [6, 6.07) is 7.21. The van der Waals surface area contributed by atoms with Crippen molar-refractivity contribution in [3.05, 3.63) is 66.5 Å². The Bertz CT molecular complexity index is 1330. The first-order chi connectivity index (χ1) is 16.5. The van der Waals surface area contributed by atoms with Crippen LogP contribution in [0.25, 0.3) is 22.0 Å². The molecule has 174 valence electrons. The molecule has 1 aliphatic rings. The number of nitrogens with zero attached hydrogens (tertiary/aromatic N) is 7. The number of hydrogen-bond acceptors (Lipinski definition) is 7. The Kier molecular flexibility index (Phi) is 5.97.